The van der Waals surface area contributed by atoms with Crippen molar-refractivity contribution in [2.24, 2.45) is 5.14 Å². The number of carbonyl (C=O) groups excluding carboxylic acids is 1. The van der Waals surface area contributed by atoms with Crippen molar-refractivity contribution in [2.45, 2.75) is 11.3 Å². The van der Waals surface area contributed by atoms with Crippen LogP contribution >= 0.6 is 11.6 Å². The normalized spacial score (nSPS) is 11.6. The molecule has 0 saturated carbocycles. The summed E-state index contributed by atoms with van der Waals surface area (Å²) in [6.45, 7) is 0.438. The summed E-state index contributed by atoms with van der Waals surface area (Å²) in [5, 5.41) is 8.41. The van der Waals surface area contributed by atoms with Gasteiger partial charge in [-0.2, -0.15) is 0 Å². The Morgan fingerprint density at radius 2 is 1.88 bits per heavy atom. The SMILES string of the molecule is NS(=O)(=O)c1ccc(CCNC(=O)/C=C/c2cccc(Cl)c2)cc1. The number of hydrogen-bond donors (Lipinski definition) is 2. The molecule has 24 heavy (non-hydrogen) atoms. The average molecular weight is 365 g/mol. The van der Waals surface area contributed by atoms with Crippen LogP contribution in [0.3, 0.4) is 0 Å². The zero-order valence-electron chi connectivity index (χ0n) is 12.8. The van der Waals surface area contributed by atoms with Crippen molar-refractivity contribution in [1.82, 2.24) is 5.32 Å². The molecule has 0 heterocycles. The molecule has 5 nitrogen and oxygen atoms in total. The predicted octanol–water partition coefficient (Wildman–Crippen LogP) is 2.36. The van der Waals surface area contributed by atoms with Crippen molar-refractivity contribution < 1.29 is 13.2 Å². The van der Waals surface area contributed by atoms with Gasteiger partial charge < -0.3 is 5.32 Å². The highest BCUT2D eigenvalue weighted by Gasteiger charge is 2.06. The number of nitrogens with two attached hydrogens (primary N) is 1. The average Bonchev–Trinajstić information content (AvgIpc) is 2.53. The van der Waals surface area contributed by atoms with E-state index >= 15 is 0 Å². The summed E-state index contributed by atoms with van der Waals surface area (Å²) < 4.78 is 22.3. The Morgan fingerprint density at radius 1 is 1.17 bits per heavy atom. The lowest BCUT2D eigenvalue weighted by atomic mass is 10.1. The first kappa shape index (κ1) is 18.2. The van der Waals surface area contributed by atoms with Crippen molar-refractivity contribution in [1.29, 1.82) is 0 Å². The monoisotopic (exact) mass is 364 g/mol. The molecule has 3 N–H and O–H groups in total. The van der Waals surface area contributed by atoms with Gasteiger partial charge in [-0.05, 0) is 47.9 Å². The van der Waals surface area contributed by atoms with E-state index in [1.807, 2.05) is 12.1 Å². The summed E-state index contributed by atoms with van der Waals surface area (Å²) in [5.74, 6) is -0.212. The van der Waals surface area contributed by atoms with Gasteiger partial charge in [0.05, 0.1) is 4.90 Å². The molecular formula is C17H17ClN2O3S. The van der Waals surface area contributed by atoms with Gasteiger partial charge in [-0.15, -0.1) is 0 Å². The van der Waals surface area contributed by atoms with E-state index in [9.17, 15) is 13.2 Å². The lowest BCUT2D eigenvalue weighted by Gasteiger charge is -2.04. The van der Waals surface area contributed by atoms with Gasteiger partial charge in [0.2, 0.25) is 15.9 Å². The molecule has 0 unspecified atom stereocenters. The molecule has 126 valence electrons. The van der Waals surface area contributed by atoms with Crippen molar-refractivity contribution in [3.8, 4) is 0 Å². The van der Waals surface area contributed by atoms with Crippen LogP contribution in [0.15, 0.2) is 59.5 Å². The summed E-state index contributed by atoms with van der Waals surface area (Å²) >= 11 is 5.87. The Labute approximate surface area is 146 Å². The van der Waals surface area contributed by atoms with Crippen LogP contribution in [0.2, 0.25) is 5.02 Å². The second-order valence-corrected chi connectivity index (χ2v) is 7.12. The number of sulfonamides is 1. The largest absolute Gasteiger partial charge is 0.352 e. The van der Waals surface area contributed by atoms with Gasteiger partial charge in [0.25, 0.3) is 0 Å². The van der Waals surface area contributed by atoms with Crippen LogP contribution in [0.4, 0.5) is 0 Å². The highest BCUT2D eigenvalue weighted by Crippen LogP contribution is 2.12. The number of primary sulfonamides is 1. The quantitative estimate of drug-likeness (QED) is 0.771. The molecule has 0 fully saturated rings. The Morgan fingerprint density at radius 3 is 2.50 bits per heavy atom. The smallest absolute Gasteiger partial charge is 0.244 e. The summed E-state index contributed by atoms with van der Waals surface area (Å²) in [4.78, 5) is 11.8. The van der Waals surface area contributed by atoms with Crippen LogP contribution in [0.25, 0.3) is 6.08 Å². The zero-order chi connectivity index (χ0) is 17.6. The molecule has 0 aliphatic rings. The molecule has 0 atom stereocenters. The Kier molecular flexibility index (Phi) is 6.14. The highest BCUT2D eigenvalue weighted by molar-refractivity contribution is 7.89. The molecule has 2 aromatic carbocycles. The first-order valence-corrected chi connectivity index (χ1v) is 9.10. The number of nitrogens with one attached hydrogen (secondary N) is 1. The van der Waals surface area contributed by atoms with Crippen LogP contribution in [-0.4, -0.2) is 20.9 Å². The number of rotatable bonds is 6. The van der Waals surface area contributed by atoms with Crippen LogP contribution in [-0.2, 0) is 21.2 Å². The molecular weight excluding hydrogens is 348 g/mol. The Bertz CT molecular complexity index is 846. The van der Waals surface area contributed by atoms with E-state index in [4.69, 9.17) is 16.7 Å². The number of benzene rings is 2. The lowest BCUT2D eigenvalue weighted by molar-refractivity contribution is -0.116. The molecule has 0 radical (unpaired) electrons. The maximum atomic E-state index is 11.8. The molecule has 0 aromatic heterocycles. The predicted molar refractivity (Wildman–Crippen MR) is 95.0 cm³/mol. The van der Waals surface area contributed by atoms with Gasteiger partial charge in [0.15, 0.2) is 0 Å². The fourth-order valence-corrected chi connectivity index (χ4v) is 2.73. The molecule has 0 aliphatic heterocycles. The van der Waals surface area contributed by atoms with Gasteiger partial charge in [0, 0.05) is 17.6 Å². The molecule has 0 spiro atoms. The molecule has 0 aliphatic carbocycles. The first-order valence-electron chi connectivity index (χ1n) is 7.18. The Balaban J connectivity index is 1.82. The molecule has 2 aromatic rings. The van der Waals surface area contributed by atoms with Gasteiger partial charge in [-0.25, -0.2) is 13.6 Å². The van der Waals surface area contributed by atoms with Crippen molar-refractivity contribution >= 4 is 33.6 Å². The number of halogens is 1. The topological polar surface area (TPSA) is 89.3 Å². The van der Waals surface area contributed by atoms with Crippen molar-refractivity contribution in [3.05, 3.63) is 70.8 Å². The zero-order valence-corrected chi connectivity index (χ0v) is 14.3. The molecule has 0 saturated heterocycles. The maximum Gasteiger partial charge on any atom is 0.244 e. The van der Waals surface area contributed by atoms with Gasteiger partial charge in [0.1, 0.15) is 0 Å². The number of hydrogen-bond acceptors (Lipinski definition) is 3. The number of amides is 1. The van der Waals surface area contributed by atoms with Crippen LogP contribution < -0.4 is 10.5 Å². The van der Waals surface area contributed by atoms with Crippen LogP contribution in [0.5, 0.6) is 0 Å². The van der Waals surface area contributed by atoms with Crippen molar-refractivity contribution in [3.63, 3.8) is 0 Å². The third-order valence-electron chi connectivity index (χ3n) is 3.24. The number of carbonyl (C=O) groups is 1. The van der Waals surface area contributed by atoms with E-state index in [1.165, 1.54) is 18.2 Å². The van der Waals surface area contributed by atoms with Gasteiger partial charge >= 0.3 is 0 Å². The van der Waals surface area contributed by atoms with E-state index in [0.29, 0.717) is 18.0 Å². The fraction of sp³-hybridized carbons (Fsp3) is 0.118. The molecule has 1 amide bonds. The van der Waals surface area contributed by atoms with Crippen molar-refractivity contribution in [2.75, 3.05) is 6.54 Å². The second-order valence-electron chi connectivity index (χ2n) is 5.12. The first-order chi connectivity index (χ1) is 11.3. The molecule has 7 heteroatoms. The van der Waals surface area contributed by atoms with E-state index in [2.05, 4.69) is 5.32 Å². The molecule has 0 bridgehead atoms. The van der Waals surface area contributed by atoms with E-state index in [0.717, 1.165) is 11.1 Å². The minimum atomic E-state index is -3.68. The second kappa shape index (κ2) is 8.10. The summed E-state index contributed by atoms with van der Waals surface area (Å²) in [6.07, 6.45) is 3.71. The van der Waals surface area contributed by atoms with E-state index in [1.54, 1.807) is 30.3 Å². The summed E-state index contributed by atoms with van der Waals surface area (Å²) in [6, 6.07) is 13.4. The minimum Gasteiger partial charge on any atom is -0.352 e. The summed E-state index contributed by atoms with van der Waals surface area (Å²) in [7, 11) is -3.68. The molecule has 2 rings (SSSR count). The third-order valence-corrected chi connectivity index (χ3v) is 4.40. The Hall–Kier alpha value is -2.15. The standard InChI is InChI=1S/C17H17ClN2O3S/c18-15-3-1-2-14(12-15)6-9-17(21)20-11-10-13-4-7-16(8-5-13)24(19,22)23/h1-9,12H,10-11H2,(H,20,21)(H2,19,22,23)/b9-6+. The van der Waals surface area contributed by atoms with Crippen LogP contribution in [0, 0.1) is 0 Å². The third kappa shape index (κ3) is 5.81. The van der Waals surface area contributed by atoms with E-state index in [-0.39, 0.29) is 10.8 Å². The maximum absolute atomic E-state index is 11.8. The fourth-order valence-electron chi connectivity index (χ4n) is 2.02. The van der Waals surface area contributed by atoms with Gasteiger partial charge in [-0.1, -0.05) is 35.9 Å². The van der Waals surface area contributed by atoms with Crippen LogP contribution in [0.1, 0.15) is 11.1 Å². The minimum absolute atomic E-state index is 0.0692. The van der Waals surface area contributed by atoms with Gasteiger partial charge in [-0.3, -0.25) is 4.79 Å². The summed E-state index contributed by atoms with van der Waals surface area (Å²) in [5.41, 5.74) is 1.75. The lowest BCUT2D eigenvalue weighted by Crippen LogP contribution is -2.23. The highest BCUT2D eigenvalue weighted by atomic mass is 35.5. The van der Waals surface area contributed by atoms with E-state index < -0.39 is 10.0 Å².